The summed E-state index contributed by atoms with van der Waals surface area (Å²) >= 11 is 3.38. The standard InChI is InChI=1S/C11H14BrNO3/c1-15-10(14)5-6-16-11-8(7-13)3-2-4-9(11)12/h2-4H,5-7,13H2,1H3. The van der Waals surface area contributed by atoms with Gasteiger partial charge in [-0.2, -0.15) is 0 Å². The molecule has 16 heavy (non-hydrogen) atoms. The number of ether oxygens (including phenoxy) is 2. The van der Waals surface area contributed by atoms with Crippen molar-refractivity contribution < 1.29 is 14.3 Å². The Morgan fingerprint density at radius 3 is 2.88 bits per heavy atom. The summed E-state index contributed by atoms with van der Waals surface area (Å²) in [5.41, 5.74) is 6.49. The minimum atomic E-state index is -0.290. The molecule has 0 unspecified atom stereocenters. The predicted molar refractivity (Wildman–Crippen MR) is 64.2 cm³/mol. The molecule has 0 aliphatic heterocycles. The molecule has 2 N–H and O–H groups in total. The fourth-order valence-electron chi connectivity index (χ4n) is 1.21. The first kappa shape index (κ1) is 13.0. The van der Waals surface area contributed by atoms with Crippen LogP contribution in [0.3, 0.4) is 0 Å². The highest BCUT2D eigenvalue weighted by molar-refractivity contribution is 9.10. The van der Waals surface area contributed by atoms with Gasteiger partial charge < -0.3 is 15.2 Å². The average molecular weight is 288 g/mol. The quantitative estimate of drug-likeness (QED) is 0.840. The van der Waals surface area contributed by atoms with Crippen LogP contribution in [0, 0.1) is 0 Å². The first-order chi connectivity index (χ1) is 7.69. The lowest BCUT2D eigenvalue weighted by Crippen LogP contribution is -2.09. The Labute approximate surface area is 103 Å². The van der Waals surface area contributed by atoms with Gasteiger partial charge in [0.2, 0.25) is 0 Å². The summed E-state index contributed by atoms with van der Waals surface area (Å²) in [5, 5.41) is 0. The predicted octanol–water partition coefficient (Wildman–Crippen LogP) is 1.85. The molecule has 0 heterocycles. The molecule has 0 aromatic heterocycles. The number of halogens is 1. The Morgan fingerprint density at radius 1 is 1.50 bits per heavy atom. The molecule has 0 saturated carbocycles. The van der Waals surface area contributed by atoms with Crippen LogP contribution in [-0.2, 0) is 16.1 Å². The Morgan fingerprint density at radius 2 is 2.25 bits per heavy atom. The molecule has 5 heteroatoms. The number of rotatable bonds is 5. The van der Waals surface area contributed by atoms with Crippen LogP contribution in [0.5, 0.6) is 5.75 Å². The van der Waals surface area contributed by atoms with E-state index in [0.717, 1.165) is 10.0 Å². The van der Waals surface area contributed by atoms with Gasteiger partial charge in [0.25, 0.3) is 0 Å². The lowest BCUT2D eigenvalue weighted by atomic mass is 10.2. The van der Waals surface area contributed by atoms with Crippen LogP contribution in [0.4, 0.5) is 0 Å². The third-order valence-corrected chi connectivity index (χ3v) is 2.67. The van der Waals surface area contributed by atoms with Crippen LogP contribution in [0.15, 0.2) is 22.7 Å². The van der Waals surface area contributed by atoms with Crippen molar-refractivity contribution in [2.24, 2.45) is 5.73 Å². The monoisotopic (exact) mass is 287 g/mol. The molecule has 1 rings (SSSR count). The molecular formula is C11H14BrNO3. The second kappa shape index (κ2) is 6.50. The van der Waals surface area contributed by atoms with Crippen LogP contribution in [0.2, 0.25) is 0 Å². The summed E-state index contributed by atoms with van der Waals surface area (Å²) < 4.78 is 10.9. The maximum atomic E-state index is 10.9. The molecule has 88 valence electrons. The first-order valence-electron chi connectivity index (χ1n) is 4.86. The normalized spacial score (nSPS) is 9.94. The minimum absolute atomic E-state index is 0.224. The zero-order chi connectivity index (χ0) is 12.0. The van der Waals surface area contributed by atoms with Crippen molar-refractivity contribution in [3.63, 3.8) is 0 Å². The van der Waals surface area contributed by atoms with Crippen molar-refractivity contribution in [2.45, 2.75) is 13.0 Å². The number of esters is 1. The van der Waals surface area contributed by atoms with Gasteiger partial charge in [0.1, 0.15) is 5.75 Å². The number of para-hydroxylation sites is 1. The van der Waals surface area contributed by atoms with E-state index in [1.807, 2.05) is 18.2 Å². The highest BCUT2D eigenvalue weighted by atomic mass is 79.9. The summed E-state index contributed by atoms with van der Waals surface area (Å²) in [7, 11) is 1.35. The molecule has 0 radical (unpaired) electrons. The highest BCUT2D eigenvalue weighted by Crippen LogP contribution is 2.28. The van der Waals surface area contributed by atoms with Crippen molar-refractivity contribution in [1.29, 1.82) is 0 Å². The molecule has 1 aromatic rings. The molecule has 0 aliphatic rings. The lowest BCUT2D eigenvalue weighted by molar-refractivity contribution is -0.141. The first-order valence-corrected chi connectivity index (χ1v) is 5.65. The summed E-state index contributed by atoms with van der Waals surface area (Å²) in [5.74, 6) is 0.398. The zero-order valence-electron chi connectivity index (χ0n) is 9.03. The average Bonchev–Trinajstić information content (AvgIpc) is 2.30. The van der Waals surface area contributed by atoms with Gasteiger partial charge in [0, 0.05) is 12.1 Å². The SMILES string of the molecule is COC(=O)CCOc1c(Br)cccc1CN. The summed E-state index contributed by atoms with van der Waals surface area (Å²) in [6, 6.07) is 5.64. The van der Waals surface area contributed by atoms with Crippen molar-refractivity contribution in [1.82, 2.24) is 0 Å². The number of hydrogen-bond donors (Lipinski definition) is 1. The fraction of sp³-hybridized carbons (Fsp3) is 0.364. The zero-order valence-corrected chi connectivity index (χ0v) is 10.6. The fourth-order valence-corrected chi connectivity index (χ4v) is 1.74. The van der Waals surface area contributed by atoms with E-state index in [1.165, 1.54) is 7.11 Å². The van der Waals surface area contributed by atoms with Gasteiger partial charge in [-0.05, 0) is 22.0 Å². The van der Waals surface area contributed by atoms with Gasteiger partial charge in [-0.1, -0.05) is 12.1 Å². The Balaban J connectivity index is 2.62. The van der Waals surface area contributed by atoms with Crippen molar-refractivity contribution in [3.05, 3.63) is 28.2 Å². The number of nitrogens with two attached hydrogens (primary N) is 1. The summed E-state index contributed by atoms with van der Waals surface area (Å²) in [4.78, 5) is 10.9. The second-order valence-electron chi connectivity index (χ2n) is 3.11. The van der Waals surface area contributed by atoms with Crippen LogP contribution in [-0.4, -0.2) is 19.7 Å². The Hall–Kier alpha value is -1.07. The van der Waals surface area contributed by atoms with E-state index in [9.17, 15) is 4.79 Å². The van der Waals surface area contributed by atoms with E-state index < -0.39 is 0 Å². The van der Waals surface area contributed by atoms with E-state index in [0.29, 0.717) is 12.3 Å². The summed E-state index contributed by atoms with van der Waals surface area (Å²) in [6.07, 6.45) is 0.224. The Kier molecular flexibility index (Phi) is 5.28. The van der Waals surface area contributed by atoms with Crippen LogP contribution in [0.1, 0.15) is 12.0 Å². The minimum Gasteiger partial charge on any atom is -0.491 e. The van der Waals surface area contributed by atoms with E-state index >= 15 is 0 Å². The van der Waals surface area contributed by atoms with Crippen LogP contribution >= 0.6 is 15.9 Å². The number of carbonyl (C=O) groups is 1. The third-order valence-electron chi connectivity index (χ3n) is 2.05. The smallest absolute Gasteiger partial charge is 0.308 e. The van der Waals surface area contributed by atoms with Gasteiger partial charge in [-0.15, -0.1) is 0 Å². The van der Waals surface area contributed by atoms with E-state index in [4.69, 9.17) is 10.5 Å². The van der Waals surface area contributed by atoms with Gasteiger partial charge in [-0.25, -0.2) is 0 Å². The molecule has 0 spiro atoms. The molecule has 0 bridgehead atoms. The lowest BCUT2D eigenvalue weighted by Gasteiger charge is -2.11. The molecule has 0 aliphatic carbocycles. The maximum absolute atomic E-state index is 10.9. The third kappa shape index (κ3) is 3.50. The summed E-state index contributed by atoms with van der Waals surface area (Å²) in [6.45, 7) is 0.676. The van der Waals surface area contributed by atoms with E-state index in [2.05, 4.69) is 20.7 Å². The second-order valence-corrected chi connectivity index (χ2v) is 3.96. The van der Waals surface area contributed by atoms with Crippen LogP contribution in [0.25, 0.3) is 0 Å². The largest absolute Gasteiger partial charge is 0.491 e. The van der Waals surface area contributed by atoms with Gasteiger partial charge >= 0.3 is 5.97 Å². The van der Waals surface area contributed by atoms with Gasteiger partial charge in [0.05, 0.1) is 24.6 Å². The number of methoxy groups -OCH3 is 1. The molecule has 0 saturated heterocycles. The van der Waals surface area contributed by atoms with Crippen molar-refractivity contribution >= 4 is 21.9 Å². The maximum Gasteiger partial charge on any atom is 0.308 e. The number of hydrogen-bond acceptors (Lipinski definition) is 4. The molecule has 0 fully saturated rings. The Bertz CT molecular complexity index is 368. The number of carbonyl (C=O) groups excluding carboxylic acids is 1. The molecule has 4 nitrogen and oxygen atoms in total. The van der Waals surface area contributed by atoms with Crippen molar-refractivity contribution in [2.75, 3.05) is 13.7 Å². The van der Waals surface area contributed by atoms with Gasteiger partial charge in [0.15, 0.2) is 0 Å². The molecular weight excluding hydrogens is 274 g/mol. The highest BCUT2D eigenvalue weighted by Gasteiger charge is 2.08. The van der Waals surface area contributed by atoms with Crippen molar-refractivity contribution in [3.8, 4) is 5.75 Å². The van der Waals surface area contributed by atoms with E-state index in [-0.39, 0.29) is 19.0 Å². The van der Waals surface area contributed by atoms with Crippen LogP contribution < -0.4 is 10.5 Å². The number of benzene rings is 1. The topological polar surface area (TPSA) is 61.5 Å². The molecule has 0 atom stereocenters. The molecule has 1 aromatic carbocycles. The van der Waals surface area contributed by atoms with E-state index in [1.54, 1.807) is 0 Å². The van der Waals surface area contributed by atoms with Gasteiger partial charge in [-0.3, -0.25) is 4.79 Å². The molecule has 0 amide bonds.